The number of aryl methyl sites for hydroxylation is 1. The Labute approximate surface area is 133 Å². The number of hydrogen-bond donors (Lipinski definition) is 0. The zero-order chi connectivity index (χ0) is 16.2. The van der Waals surface area contributed by atoms with E-state index in [4.69, 9.17) is 0 Å². The van der Waals surface area contributed by atoms with Crippen LogP contribution in [0.5, 0.6) is 0 Å². The van der Waals surface area contributed by atoms with Gasteiger partial charge in [0.25, 0.3) is 5.56 Å². The number of ether oxygens (including phenoxy) is 1. The summed E-state index contributed by atoms with van der Waals surface area (Å²) in [6.45, 7) is 0. The molecule has 0 aliphatic rings. The first-order chi connectivity index (χ1) is 11.2. The average molecular weight is 308 g/mol. The van der Waals surface area contributed by atoms with E-state index < -0.39 is 0 Å². The van der Waals surface area contributed by atoms with Gasteiger partial charge < -0.3 is 4.74 Å². The predicted octanol–water partition coefficient (Wildman–Crippen LogP) is 2.49. The largest absolute Gasteiger partial charge is 0.469 e. The maximum Gasteiger partial charge on any atom is 0.305 e. The van der Waals surface area contributed by atoms with Crippen LogP contribution in [-0.2, 0) is 16.0 Å². The fourth-order valence-electron chi connectivity index (χ4n) is 2.56. The molecule has 3 rings (SSSR count). The van der Waals surface area contributed by atoms with Crippen molar-refractivity contribution in [3.63, 3.8) is 0 Å². The highest BCUT2D eigenvalue weighted by molar-refractivity contribution is 5.80. The molecule has 0 aliphatic carbocycles. The fraction of sp³-hybridized carbons (Fsp3) is 0.167. The third-order valence-electron chi connectivity index (χ3n) is 3.66. The lowest BCUT2D eigenvalue weighted by atomic mass is 10.2. The van der Waals surface area contributed by atoms with Gasteiger partial charge in [-0.15, -0.1) is 0 Å². The molecule has 0 spiro atoms. The van der Waals surface area contributed by atoms with Gasteiger partial charge in [-0.3, -0.25) is 14.2 Å². The zero-order valence-corrected chi connectivity index (χ0v) is 12.7. The number of aromatic nitrogens is 2. The summed E-state index contributed by atoms with van der Waals surface area (Å²) in [5, 5.41) is 0.554. The molecule has 0 fully saturated rings. The van der Waals surface area contributed by atoms with Crippen LogP contribution in [0.15, 0.2) is 59.4 Å². The van der Waals surface area contributed by atoms with Crippen LogP contribution < -0.4 is 5.56 Å². The minimum atomic E-state index is -0.327. The first-order valence-electron chi connectivity index (χ1n) is 7.33. The lowest BCUT2D eigenvalue weighted by Crippen LogP contribution is -2.19. The van der Waals surface area contributed by atoms with Crippen LogP contribution in [0.25, 0.3) is 16.6 Å². The highest BCUT2D eigenvalue weighted by Gasteiger charge is 2.13. The van der Waals surface area contributed by atoms with Gasteiger partial charge >= 0.3 is 5.97 Å². The molecule has 0 bridgehead atoms. The van der Waals surface area contributed by atoms with Gasteiger partial charge in [-0.25, -0.2) is 0 Å². The number of benzene rings is 2. The van der Waals surface area contributed by atoms with Crippen LogP contribution in [0.2, 0.25) is 0 Å². The van der Waals surface area contributed by atoms with E-state index >= 15 is 0 Å². The number of hydrogen-bond acceptors (Lipinski definition) is 4. The van der Waals surface area contributed by atoms with E-state index in [0.717, 1.165) is 11.2 Å². The van der Waals surface area contributed by atoms with E-state index in [1.807, 2.05) is 53.1 Å². The van der Waals surface area contributed by atoms with E-state index in [2.05, 4.69) is 9.72 Å². The molecule has 1 aromatic heterocycles. The Bertz CT molecular complexity index is 901. The smallest absolute Gasteiger partial charge is 0.305 e. The van der Waals surface area contributed by atoms with Crippen molar-refractivity contribution in [2.45, 2.75) is 12.8 Å². The summed E-state index contributed by atoms with van der Waals surface area (Å²) in [5.41, 5.74) is 1.39. The topological polar surface area (TPSA) is 61.2 Å². The summed E-state index contributed by atoms with van der Waals surface area (Å²) in [4.78, 5) is 27.9. The molecule has 0 unspecified atom stereocenters. The van der Waals surface area contributed by atoms with E-state index in [1.54, 1.807) is 6.07 Å². The molecule has 1 heterocycles. The molecule has 0 radical (unpaired) electrons. The number of nitrogens with zero attached hydrogens (tertiary/aromatic N) is 2. The molecule has 23 heavy (non-hydrogen) atoms. The van der Waals surface area contributed by atoms with Crippen LogP contribution in [0.3, 0.4) is 0 Å². The van der Waals surface area contributed by atoms with Gasteiger partial charge in [0.2, 0.25) is 0 Å². The summed E-state index contributed by atoms with van der Waals surface area (Å²) < 4.78 is 6.60. The standard InChI is InChI=1S/C18H16N2O3/c1-23-17(21)12-11-16-19-18(22)14-9-5-6-10-15(14)20(16)13-7-3-2-4-8-13/h2-10H,11-12H2,1H3. The van der Waals surface area contributed by atoms with Crippen LogP contribution >= 0.6 is 0 Å². The van der Waals surface area contributed by atoms with E-state index in [-0.39, 0.29) is 17.9 Å². The van der Waals surface area contributed by atoms with Gasteiger partial charge in [-0.05, 0) is 24.3 Å². The lowest BCUT2D eigenvalue weighted by Gasteiger charge is -2.15. The Morgan fingerprint density at radius 1 is 1.09 bits per heavy atom. The van der Waals surface area contributed by atoms with Crippen LogP contribution in [-0.4, -0.2) is 22.6 Å². The molecule has 0 saturated carbocycles. The number of rotatable bonds is 4. The Balaban J connectivity index is 2.22. The van der Waals surface area contributed by atoms with Gasteiger partial charge in [0, 0.05) is 12.1 Å². The Morgan fingerprint density at radius 3 is 2.52 bits per heavy atom. The second-order valence-corrected chi connectivity index (χ2v) is 5.10. The van der Waals surface area contributed by atoms with E-state index in [1.165, 1.54) is 7.11 Å². The third kappa shape index (κ3) is 2.99. The predicted molar refractivity (Wildman–Crippen MR) is 87.7 cm³/mol. The summed E-state index contributed by atoms with van der Waals surface area (Å²) in [5.74, 6) is 0.220. The molecule has 5 nitrogen and oxygen atoms in total. The van der Waals surface area contributed by atoms with Crippen molar-refractivity contribution in [2.75, 3.05) is 7.11 Å². The Hall–Kier alpha value is -2.95. The molecule has 0 N–H and O–H groups in total. The van der Waals surface area contributed by atoms with Crippen LogP contribution in [0.4, 0.5) is 0 Å². The SMILES string of the molecule is COC(=O)CCc1nc(=O)c2ccccc2n1-c1ccccc1. The number of carbonyl (C=O) groups is 1. The molecule has 0 aliphatic heterocycles. The molecule has 5 heteroatoms. The molecular weight excluding hydrogens is 292 g/mol. The minimum absolute atomic E-state index is 0.175. The number of methoxy groups -OCH3 is 1. The molecule has 116 valence electrons. The van der Waals surface area contributed by atoms with Crippen molar-refractivity contribution < 1.29 is 9.53 Å². The molecule has 0 amide bonds. The van der Waals surface area contributed by atoms with Gasteiger partial charge in [0.1, 0.15) is 5.82 Å². The lowest BCUT2D eigenvalue weighted by molar-refractivity contribution is -0.140. The number of para-hydroxylation sites is 2. The van der Waals surface area contributed by atoms with Gasteiger partial charge in [0.05, 0.1) is 24.4 Å². The van der Waals surface area contributed by atoms with E-state index in [0.29, 0.717) is 17.6 Å². The number of fused-ring (bicyclic) bond motifs is 1. The monoisotopic (exact) mass is 308 g/mol. The van der Waals surface area contributed by atoms with Crippen molar-refractivity contribution in [1.29, 1.82) is 0 Å². The summed E-state index contributed by atoms with van der Waals surface area (Å²) in [6.07, 6.45) is 0.510. The summed E-state index contributed by atoms with van der Waals surface area (Å²) in [6, 6.07) is 17.0. The zero-order valence-electron chi connectivity index (χ0n) is 12.7. The second kappa shape index (κ2) is 6.44. The molecule has 0 saturated heterocycles. The highest BCUT2D eigenvalue weighted by atomic mass is 16.5. The quantitative estimate of drug-likeness (QED) is 0.695. The summed E-state index contributed by atoms with van der Waals surface area (Å²) >= 11 is 0. The first kappa shape index (κ1) is 15.0. The normalized spacial score (nSPS) is 10.7. The Morgan fingerprint density at radius 2 is 1.78 bits per heavy atom. The highest BCUT2D eigenvalue weighted by Crippen LogP contribution is 2.18. The number of carbonyl (C=O) groups excluding carboxylic acids is 1. The van der Waals surface area contributed by atoms with Crippen molar-refractivity contribution in [1.82, 2.24) is 9.55 Å². The molecule has 3 aromatic rings. The van der Waals surface area contributed by atoms with Crippen molar-refractivity contribution in [2.24, 2.45) is 0 Å². The van der Waals surface area contributed by atoms with Gasteiger partial charge in [-0.1, -0.05) is 30.3 Å². The van der Waals surface area contributed by atoms with Crippen molar-refractivity contribution >= 4 is 16.9 Å². The Kier molecular flexibility index (Phi) is 4.19. The third-order valence-corrected chi connectivity index (χ3v) is 3.66. The molecule has 0 atom stereocenters. The number of esters is 1. The van der Waals surface area contributed by atoms with Crippen LogP contribution in [0.1, 0.15) is 12.2 Å². The minimum Gasteiger partial charge on any atom is -0.469 e. The van der Waals surface area contributed by atoms with Gasteiger partial charge in [-0.2, -0.15) is 4.98 Å². The van der Waals surface area contributed by atoms with E-state index in [9.17, 15) is 9.59 Å². The van der Waals surface area contributed by atoms with Crippen LogP contribution in [0, 0.1) is 0 Å². The van der Waals surface area contributed by atoms with Crippen molar-refractivity contribution in [3.05, 3.63) is 70.8 Å². The van der Waals surface area contributed by atoms with Gasteiger partial charge in [0.15, 0.2) is 0 Å². The average Bonchev–Trinajstić information content (AvgIpc) is 2.60. The molecule has 2 aromatic carbocycles. The maximum absolute atomic E-state index is 12.3. The summed E-state index contributed by atoms with van der Waals surface area (Å²) in [7, 11) is 1.35. The second-order valence-electron chi connectivity index (χ2n) is 5.10. The fourth-order valence-corrected chi connectivity index (χ4v) is 2.56. The van der Waals surface area contributed by atoms with Crippen molar-refractivity contribution in [3.8, 4) is 5.69 Å². The molecular formula is C18H16N2O3. The maximum atomic E-state index is 12.3. The first-order valence-corrected chi connectivity index (χ1v) is 7.33.